The molecule has 0 bridgehead atoms. The summed E-state index contributed by atoms with van der Waals surface area (Å²) in [6, 6.07) is 13.9. The normalized spacial score (nSPS) is 11.1. The van der Waals surface area contributed by atoms with Crippen LogP contribution in [-0.2, 0) is 12.8 Å². The number of phenols is 2. The van der Waals surface area contributed by atoms with Gasteiger partial charge in [0, 0.05) is 11.1 Å². The van der Waals surface area contributed by atoms with Crippen LogP contribution in [0, 0.1) is 13.8 Å². The molecule has 0 spiro atoms. The molecule has 0 atom stereocenters. The van der Waals surface area contributed by atoms with E-state index >= 15 is 0 Å². The lowest BCUT2D eigenvalue weighted by molar-refractivity contribution is 0.468. The fourth-order valence-corrected chi connectivity index (χ4v) is 3.95. The van der Waals surface area contributed by atoms with Crippen LogP contribution >= 0.6 is 0 Å². The van der Waals surface area contributed by atoms with E-state index in [9.17, 15) is 10.2 Å². The summed E-state index contributed by atoms with van der Waals surface area (Å²) in [6.45, 7) is 8.41. The summed E-state index contributed by atoms with van der Waals surface area (Å²) in [5.41, 5.74) is 7.12. The molecule has 1 heterocycles. The number of pyridine rings is 1. The van der Waals surface area contributed by atoms with Crippen LogP contribution in [0.1, 0.15) is 61.8 Å². The number of rotatable bonds is 8. The number of unbranched alkanes of at least 4 members (excludes halogenated alkanes) is 2. The molecule has 1 aromatic heterocycles. The van der Waals surface area contributed by atoms with E-state index in [-0.39, 0.29) is 0 Å². The van der Waals surface area contributed by atoms with Crippen molar-refractivity contribution in [3.63, 3.8) is 0 Å². The van der Waals surface area contributed by atoms with Crippen molar-refractivity contribution in [3.05, 3.63) is 64.7 Å². The van der Waals surface area contributed by atoms with Crippen LogP contribution in [0.25, 0.3) is 22.5 Å². The number of nitrogens with zero attached hydrogens (tertiary/aromatic N) is 1. The molecular formula is C27H33NO2. The second-order valence-corrected chi connectivity index (χ2v) is 8.26. The molecule has 0 saturated heterocycles. The topological polar surface area (TPSA) is 53.4 Å². The molecule has 3 nitrogen and oxygen atoms in total. The summed E-state index contributed by atoms with van der Waals surface area (Å²) < 4.78 is 0. The van der Waals surface area contributed by atoms with Gasteiger partial charge in [-0.2, -0.15) is 0 Å². The van der Waals surface area contributed by atoms with Gasteiger partial charge in [-0.3, -0.25) is 0 Å². The zero-order valence-corrected chi connectivity index (χ0v) is 18.6. The number of benzene rings is 2. The quantitative estimate of drug-likeness (QED) is 0.421. The maximum absolute atomic E-state index is 10.9. The number of aryl methyl sites for hydroxylation is 4. The Bertz CT molecular complexity index is 945. The third-order valence-corrected chi connectivity index (χ3v) is 5.57. The lowest BCUT2D eigenvalue weighted by Crippen LogP contribution is -1.95. The van der Waals surface area contributed by atoms with Crippen molar-refractivity contribution in [2.45, 2.75) is 66.2 Å². The van der Waals surface area contributed by atoms with Gasteiger partial charge in [-0.15, -0.1) is 0 Å². The maximum atomic E-state index is 10.9. The molecule has 0 radical (unpaired) electrons. The lowest BCUT2D eigenvalue weighted by Gasteiger charge is -2.14. The van der Waals surface area contributed by atoms with Gasteiger partial charge in [0.2, 0.25) is 0 Å². The van der Waals surface area contributed by atoms with Crippen molar-refractivity contribution in [1.29, 1.82) is 0 Å². The minimum Gasteiger partial charge on any atom is -0.507 e. The second kappa shape index (κ2) is 9.80. The monoisotopic (exact) mass is 403 g/mol. The summed E-state index contributed by atoms with van der Waals surface area (Å²) in [5.74, 6) is 0.631. The molecule has 0 fully saturated rings. The SMILES string of the molecule is CCCCc1cc(C)cc(-c2cccc(-c3cc(C)cc(CCCC)c3O)n2)c1O. The second-order valence-electron chi connectivity index (χ2n) is 8.26. The molecule has 2 aromatic carbocycles. The first-order valence-electron chi connectivity index (χ1n) is 11.1. The van der Waals surface area contributed by atoms with Gasteiger partial charge >= 0.3 is 0 Å². The van der Waals surface area contributed by atoms with Gasteiger partial charge < -0.3 is 10.2 Å². The van der Waals surface area contributed by atoms with Crippen molar-refractivity contribution in [2.24, 2.45) is 0 Å². The van der Waals surface area contributed by atoms with Crippen LogP contribution in [-0.4, -0.2) is 15.2 Å². The Balaban J connectivity index is 2.06. The van der Waals surface area contributed by atoms with Gasteiger partial charge in [0.15, 0.2) is 0 Å². The highest BCUT2D eigenvalue weighted by Crippen LogP contribution is 2.37. The first-order chi connectivity index (χ1) is 14.4. The van der Waals surface area contributed by atoms with E-state index in [2.05, 4.69) is 39.8 Å². The zero-order chi connectivity index (χ0) is 21.7. The highest BCUT2D eigenvalue weighted by molar-refractivity contribution is 5.75. The molecule has 0 aliphatic heterocycles. The summed E-state index contributed by atoms with van der Waals surface area (Å²) in [5, 5.41) is 21.8. The smallest absolute Gasteiger partial charge is 0.128 e. The lowest BCUT2D eigenvalue weighted by atomic mass is 9.97. The molecule has 30 heavy (non-hydrogen) atoms. The van der Waals surface area contributed by atoms with Gasteiger partial charge in [0.25, 0.3) is 0 Å². The Morgan fingerprint density at radius 2 is 1.13 bits per heavy atom. The van der Waals surface area contributed by atoms with Gasteiger partial charge in [-0.1, -0.05) is 44.9 Å². The molecule has 0 unspecified atom stereocenters. The Kier molecular flexibility index (Phi) is 7.15. The van der Waals surface area contributed by atoms with Gasteiger partial charge in [-0.25, -0.2) is 4.98 Å². The Morgan fingerprint density at radius 1 is 0.700 bits per heavy atom. The van der Waals surface area contributed by atoms with Crippen LogP contribution in [0.5, 0.6) is 11.5 Å². The molecule has 0 saturated carbocycles. The van der Waals surface area contributed by atoms with Crippen LogP contribution in [0.15, 0.2) is 42.5 Å². The summed E-state index contributed by atoms with van der Waals surface area (Å²) in [6.07, 6.45) is 5.97. The number of aromatic nitrogens is 1. The third-order valence-electron chi connectivity index (χ3n) is 5.57. The minimum atomic E-state index is 0.316. The fourth-order valence-electron chi connectivity index (χ4n) is 3.95. The average Bonchev–Trinajstić information content (AvgIpc) is 2.74. The van der Waals surface area contributed by atoms with E-state index in [0.717, 1.165) is 83.3 Å². The maximum Gasteiger partial charge on any atom is 0.128 e. The average molecular weight is 404 g/mol. The van der Waals surface area contributed by atoms with E-state index in [0.29, 0.717) is 11.5 Å². The molecular weight excluding hydrogens is 370 g/mol. The third kappa shape index (κ3) is 4.84. The van der Waals surface area contributed by atoms with E-state index in [1.165, 1.54) is 0 Å². The standard InChI is InChI=1S/C27H33NO2/c1-5-7-10-20-14-18(3)16-22(26(20)29)24-12-9-13-25(28-24)23-17-19(4)15-21(27(23)30)11-8-6-2/h9,12-17,29-30H,5-8,10-11H2,1-4H3. The van der Waals surface area contributed by atoms with Crippen molar-refractivity contribution >= 4 is 0 Å². The first-order valence-corrected chi connectivity index (χ1v) is 11.1. The number of aromatic hydroxyl groups is 2. The van der Waals surface area contributed by atoms with Crippen LogP contribution in [0.4, 0.5) is 0 Å². The molecule has 0 aliphatic rings. The van der Waals surface area contributed by atoms with Crippen LogP contribution in [0.3, 0.4) is 0 Å². The summed E-state index contributed by atoms with van der Waals surface area (Å²) in [7, 11) is 0. The van der Waals surface area contributed by atoms with Crippen molar-refractivity contribution in [3.8, 4) is 34.0 Å². The van der Waals surface area contributed by atoms with E-state index in [4.69, 9.17) is 4.98 Å². The molecule has 3 rings (SSSR count). The number of phenolic OH excluding ortho intramolecular Hbond substituents is 2. The predicted molar refractivity (Wildman–Crippen MR) is 125 cm³/mol. The van der Waals surface area contributed by atoms with Crippen LogP contribution in [0.2, 0.25) is 0 Å². The molecule has 158 valence electrons. The van der Waals surface area contributed by atoms with E-state index in [1.54, 1.807) is 0 Å². The number of hydrogen-bond acceptors (Lipinski definition) is 3. The Morgan fingerprint density at radius 3 is 1.53 bits per heavy atom. The van der Waals surface area contributed by atoms with Gasteiger partial charge in [0.1, 0.15) is 11.5 Å². The summed E-state index contributed by atoms with van der Waals surface area (Å²) >= 11 is 0. The molecule has 2 N–H and O–H groups in total. The van der Waals surface area contributed by atoms with Gasteiger partial charge in [0.05, 0.1) is 11.4 Å². The number of hydrogen-bond donors (Lipinski definition) is 2. The fraction of sp³-hybridized carbons (Fsp3) is 0.370. The molecule has 3 aromatic rings. The van der Waals surface area contributed by atoms with E-state index < -0.39 is 0 Å². The van der Waals surface area contributed by atoms with Crippen LogP contribution < -0.4 is 0 Å². The Hall–Kier alpha value is -2.81. The highest BCUT2D eigenvalue weighted by Gasteiger charge is 2.15. The van der Waals surface area contributed by atoms with Crippen molar-refractivity contribution in [2.75, 3.05) is 0 Å². The minimum absolute atomic E-state index is 0.316. The van der Waals surface area contributed by atoms with Gasteiger partial charge in [-0.05, 0) is 86.1 Å². The molecule has 0 aliphatic carbocycles. The predicted octanol–water partition coefficient (Wildman–Crippen LogP) is 7.13. The van der Waals surface area contributed by atoms with Crippen molar-refractivity contribution < 1.29 is 10.2 Å². The first kappa shape index (κ1) is 21.9. The zero-order valence-electron chi connectivity index (χ0n) is 18.6. The molecule has 0 amide bonds. The summed E-state index contributed by atoms with van der Waals surface area (Å²) in [4.78, 5) is 4.84. The Labute approximate surface area is 180 Å². The largest absolute Gasteiger partial charge is 0.507 e. The molecule has 3 heteroatoms. The van der Waals surface area contributed by atoms with Crippen molar-refractivity contribution in [1.82, 2.24) is 4.98 Å². The van der Waals surface area contributed by atoms with E-state index in [1.807, 2.05) is 30.3 Å². The highest BCUT2D eigenvalue weighted by atomic mass is 16.3.